The first kappa shape index (κ1) is 12.7. The molecular formula is C11H11BrO4. The van der Waals surface area contributed by atoms with Crippen molar-refractivity contribution >= 4 is 27.9 Å². The molecule has 5 heteroatoms. The number of aliphatic carboxylic acids is 2. The third-order valence-corrected chi connectivity index (χ3v) is 3.00. The number of aryl methyl sites for hydroxylation is 1. The summed E-state index contributed by atoms with van der Waals surface area (Å²) in [4.78, 5) is 21.5. The molecule has 0 radical (unpaired) electrons. The van der Waals surface area contributed by atoms with E-state index in [0.717, 1.165) is 10.0 Å². The second kappa shape index (κ2) is 5.12. The molecule has 0 heterocycles. The van der Waals surface area contributed by atoms with Crippen LogP contribution in [-0.2, 0) is 16.0 Å². The summed E-state index contributed by atoms with van der Waals surface area (Å²) in [6.45, 7) is 1.87. The Morgan fingerprint density at radius 2 is 1.88 bits per heavy atom. The van der Waals surface area contributed by atoms with Crippen molar-refractivity contribution in [2.45, 2.75) is 13.3 Å². The Morgan fingerprint density at radius 3 is 2.38 bits per heavy atom. The van der Waals surface area contributed by atoms with Gasteiger partial charge in [0.2, 0.25) is 0 Å². The number of hydrogen-bond donors (Lipinski definition) is 2. The summed E-state index contributed by atoms with van der Waals surface area (Å²) in [6.07, 6.45) is -0.0209. The van der Waals surface area contributed by atoms with E-state index in [1.807, 2.05) is 13.0 Å². The normalized spacial score (nSPS) is 10.4. The number of carbonyl (C=O) groups is 2. The number of benzene rings is 1. The lowest BCUT2D eigenvalue weighted by Gasteiger charge is -2.09. The third-order valence-electron chi connectivity index (χ3n) is 2.22. The molecule has 1 aromatic carbocycles. The molecule has 0 saturated heterocycles. The molecule has 0 aliphatic rings. The van der Waals surface area contributed by atoms with Gasteiger partial charge in [0.05, 0.1) is 0 Å². The Bertz CT molecular complexity index is 414. The number of halogens is 1. The first-order chi connectivity index (χ1) is 7.41. The molecule has 0 saturated carbocycles. The molecule has 0 aromatic heterocycles. The van der Waals surface area contributed by atoms with E-state index in [2.05, 4.69) is 15.9 Å². The van der Waals surface area contributed by atoms with Crippen LogP contribution in [0.25, 0.3) is 0 Å². The van der Waals surface area contributed by atoms with Gasteiger partial charge in [-0.15, -0.1) is 0 Å². The van der Waals surface area contributed by atoms with Crippen molar-refractivity contribution in [3.05, 3.63) is 33.8 Å². The number of carboxylic acids is 2. The van der Waals surface area contributed by atoms with Crippen molar-refractivity contribution in [3.63, 3.8) is 0 Å². The van der Waals surface area contributed by atoms with Crippen LogP contribution < -0.4 is 0 Å². The molecular weight excluding hydrogens is 276 g/mol. The summed E-state index contributed by atoms with van der Waals surface area (Å²) in [5.41, 5.74) is 1.66. The Morgan fingerprint density at radius 1 is 1.31 bits per heavy atom. The van der Waals surface area contributed by atoms with Gasteiger partial charge in [-0.3, -0.25) is 9.59 Å². The van der Waals surface area contributed by atoms with Gasteiger partial charge >= 0.3 is 11.9 Å². The van der Waals surface area contributed by atoms with Crippen molar-refractivity contribution < 1.29 is 19.8 Å². The SMILES string of the molecule is Cc1ccc(Br)c(CC(C(=O)O)C(=O)O)c1. The van der Waals surface area contributed by atoms with Gasteiger partial charge in [-0.25, -0.2) is 0 Å². The Balaban J connectivity index is 2.97. The van der Waals surface area contributed by atoms with E-state index in [1.54, 1.807) is 12.1 Å². The second-order valence-electron chi connectivity index (χ2n) is 3.53. The summed E-state index contributed by atoms with van der Waals surface area (Å²) in [5, 5.41) is 17.5. The monoisotopic (exact) mass is 286 g/mol. The quantitative estimate of drug-likeness (QED) is 0.831. The highest BCUT2D eigenvalue weighted by Gasteiger charge is 2.26. The molecule has 1 aromatic rings. The minimum Gasteiger partial charge on any atom is -0.481 e. The topological polar surface area (TPSA) is 74.6 Å². The summed E-state index contributed by atoms with van der Waals surface area (Å²) in [5.74, 6) is -4.04. The molecule has 2 N–H and O–H groups in total. The average Bonchev–Trinajstić information content (AvgIpc) is 2.18. The lowest BCUT2D eigenvalue weighted by atomic mass is 9.98. The second-order valence-corrected chi connectivity index (χ2v) is 4.38. The van der Waals surface area contributed by atoms with E-state index in [1.165, 1.54) is 0 Å². The van der Waals surface area contributed by atoms with Crippen LogP contribution in [-0.4, -0.2) is 22.2 Å². The first-order valence-electron chi connectivity index (χ1n) is 4.62. The minimum atomic E-state index is -1.40. The van der Waals surface area contributed by atoms with Crippen molar-refractivity contribution in [1.82, 2.24) is 0 Å². The number of rotatable bonds is 4. The van der Waals surface area contributed by atoms with E-state index >= 15 is 0 Å². The molecule has 4 nitrogen and oxygen atoms in total. The molecule has 1 rings (SSSR count). The van der Waals surface area contributed by atoms with Crippen LogP contribution in [0.2, 0.25) is 0 Å². The van der Waals surface area contributed by atoms with Crippen LogP contribution in [0.4, 0.5) is 0 Å². The molecule has 0 bridgehead atoms. The largest absolute Gasteiger partial charge is 0.481 e. The fourth-order valence-electron chi connectivity index (χ4n) is 1.36. The predicted octanol–water partition coefficient (Wildman–Crippen LogP) is 2.09. The van der Waals surface area contributed by atoms with Crippen molar-refractivity contribution in [2.75, 3.05) is 0 Å². The van der Waals surface area contributed by atoms with Crippen molar-refractivity contribution in [2.24, 2.45) is 5.92 Å². The van der Waals surface area contributed by atoms with Gasteiger partial charge in [-0.2, -0.15) is 0 Å². The molecule has 0 amide bonds. The van der Waals surface area contributed by atoms with E-state index in [4.69, 9.17) is 10.2 Å². The molecule has 0 spiro atoms. The molecule has 0 atom stereocenters. The summed E-state index contributed by atoms with van der Waals surface area (Å²) >= 11 is 3.27. The van der Waals surface area contributed by atoms with Gasteiger partial charge in [0.1, 0.15) is 0 Å². The molecule has 0 unspecified atom stereocenters. The lowest BCUT2D eigenvalue weighted by molar-refractivity contribution is -0.154. The molecule has 0 aliphatic heterocycles. The van der Waals surface area contributed by atoms with Gasteiger partial charge in [0.25, 0.3) is 0 Å². The molecule has 86 valence electrons. The highest BCUT2D eigenvalue weighted by molar-refractivity contribution is 9.10. The molecule has 16 heavy (non-hydrogen) atoms. The van der Waals surface area contributed by atoms with Crippen LogP contribution >= 0.6 is 15.9 Å². The van der Waals surface area contributed by atoms with E-state index in [-0.39, 0.29) is 6.42 Å². The van der Waals surface area contributed by atoms with Gasteiger partial charge in [-0.1, -0.05) is 33.6 Å². The van der Waals surface area contributed by atoms with Crippen LogP contribution in [0.5, 0.6) is 0 Å². The maximum atomic E-state index is 10.7. The Hall–Kier alpha value is -1.36. The van der Waals surface area contributed by atoms with Crippen LogP contribution in [0.1, 0.15) is 11.1 Å². The standard InChI is InChI=1S/C11H11BrO4/c1-6-2-3-9(12)7(4-6)5-8(10(13)14)11(15)16/h2-4,8H,5H2,1H3,(H,13,14)(H,15,16). The maximum absolute atomic E-state index is 10.7. The van der Waals surface area contributed by atoms with Crippen molar-refractivity contribution in [1.29, 1.82) is 0 Å². The maximum Gasteiger partial charge on any atom is 0.318 e. The summed E-state index contributed by atoms with van der Waals surface area (Å²) in [6, 6.07) is 5.43. The van der Waals surface area contributed by atoms with Crippen LogP contribution in [0.15, 0.2) is 22.7 Å². The summed E-state index contributed by atoms with van der Waals surface area (Å²) < 4.78 is 0.727. The van der Waals surface area contributed by atoms with Crippen molar-refractivity contribution in [3.8, 4) is 0 Å². The Kier molecular flexibility index (Phi) is 4.06. The zero-order chi connectivity index (χ0) is 12.3. The zero-order valence-corrected chi connectivity index (χ0v) is 10.2. The van der Waals surface area contributed by atoms with Gasteiger partial charge in [0, 0.05) is 4.47 Å². The van der Waals surface area contributed by atoms with Crippen LogP contribution in [0.3, 0.4) is 0 Å². The highest BCUT2D eigenvalue weighted by atomic mass is 79.9. The molecule has 0 aliphatic carbocycles. The average molecular weight is 287 g/mol. The highest BCUT2D eigenvalue weighted by Crippen LogP contribution is 2.21. The van der Waals surface area contributed by atoms with E-state index < -0.39 is 17.9 Å². The fourth-order valence-corrected chi connectivity index (χ4v) is 1.77. The van der Waals surface area contributed by atoms with Crippen LogP contribution in [0, 0.1) is 12.8 Å². The Labute approximate surface area is 101 Å². The predicted molar refractivity (Wildman–Crippen MR) is 61.3 cm³/mol. The minimum absolute atomic E-state index is 0.0209. The van der Waals surface area contributed by atoms with Gasteiger partial charge < -0.3 is 10.2 Å². The van der Waals surface area contributed by atoms with E-state index in [9.17, 15) is 9.59 Å². The molecule has 0 fully saturated rings. The zero-order valence-electron chi connectivity index (χ0n) is 8.61. The summed E-state index contributed by atoms with van der Waals surface area (Å²) in [7, 11) is 0. The van der Waals surface area contributed by atoms with Gasteiger partial charge in [-0.05, 0) is 25.0 Å². The van der Waals surface area contributed by atoms with E-state index in [0.29, 0.717) is 5.56 Å². The smallest absolute Gasteiger partial charge is 0.318 e. The number of carboxylic acid groups (broad SMARTS) is 2. The van der Waals surface area contributed by atoms with Gasteiger partial charge in [0.15, 0.2) is 5.92 Å². The lowest BCUT2D eigenvalue weighted by Crippen LogP contribution is -2.25. The fraction of sp³-hybridized carbons (Fsp3) is 0.273. The first-order valence-corrected chi connectivity index (χ1v) is 5.41. The third kappa shape index (κ3) is 3.06. The number of hydrogen-bond acceptors (Lipinski definition) is 2.